The van der Waals surface area contributed by atoms with Gasteiger partial charge in [-0.2, -0.15) is 0 Å². The van der Waals surface area contributed by atoms with Gasteiger partial charge in [0.2, 0.25) is 0 Å². The summed E-state index contributed by atoms with van der Waals surface area (Å²) < 4.78 is 18.7. The molecule has 1 aromatic carbocycles. The molecular formula is C11H12FNO3. The number of ether oxygens (including phenoxy) is 1. The van der Waals surface area contributed by atoms with Crippen molar-refractivity contribution in [3.63, 3.8) is 0 Å². The molecule has 16 heavy (non-hydrogen) atoms. The zero-order valence-corrected chi connectivity index (χ0v) is 8.57. The maximum absolute atomic E-state index is 13.5. The standard InChI is InChI=1S/C11H12FNO3/c12-9-4-7(13)3-8(11(14)15)10(9)16-5-6-1-2-6/h3-4,6H,1-2,5,13H2,(H,14,15). The van der Waals surface area contributed by atoms with Gasteiger partial charge in [-0.1, -0.05) is 0 Å². The number of anilines is 1. The van der Waals surface area contributed by atoms with Crippen LogP contribution >= 0.6 is 0 Å². The average Bonchev–Trinajstić information content (AvgIpc) is 2.98. The molecule has 0 heterocycles. The Morgan fingerprint density at radius 3 is 2.81 bits per heavy atom. The second kappa shape index (κ2) is 4.00. The van der Waals surface area contributed by atoms with E-state index in [9.17, 15) is 9.18 Å². The number of halogens is 1. The van der Waals surface area contributed by atoms with Crippen molar-refractivity contribution in [1.82, 2.24) is 0 Å². The van der Waals surface area contributed by atoms with Crippen molar-refractivity contribution in [2.24, 2.45) is 5.92 Å². The van der Waals surface area contributed by atoms with Gasteiger partial charge >= 0.3 is 5.97 Å². The Hall–Kier alpha value is -1.78. The number of aromatic carboxylic acids is 1. The molecule has 0 aromatic heterocycles. The monoisotopic (exact) mass is 225 g/mol. The highest BCUT2D eigenvalue weighted by Gasteiger charge is 2.24. The van der Waals surface area contributed by atoms with Crippen LogP contribution in [-0.4, -0.2) is 17.7 Å². The van der Waals surface area contributed by atoms with E-state index in [0.717, 1.165) is 18.9 Å². The molecule has 1 fully saturated rings. The van der Waals surface area contributed by atoms with Crippen LogP contribution < -0.4 is 10.5 Å². The summed E-state index contributed by atoms with van der Waals surface area (Å²) in [6.07, 6.45) is 2.11. The number of carboxylic acids is 1. The number of nitrogen functional groups attached to an aromatic ring is 1. The number of benzene rings is 1. The summed E-state index contributed by atoms with van der Waals surface area (Å²) in [5, 5.41) is 8.89. The van der Waals surface area contributed by atoms with Gasteiger partial charge in [-0.25, -0.2) is 9.18 Å². The first kappa shape index (κ1) is 10.7. The van der Waals surface area contributed by atoms with E-state index in [2.05, 4.69) is 0 Å². The summed E-state index contributed by atoms with van der Waals surface area (Å²) in [5.74, 6) is -1.75. The number of hydrogen-bond acceptors (Lipinski definition) is 3. The lowest BCUT2D eigenvalue weighted by Crippen LogP contribution is -2.08. The smallest absolute Gasteiger partial charge is 0.339 e. The first-order chi connectivity index (χ1) is 7.58. The van der Waals surface area contributed by atoms with Gasteiger partial charge in [-0.15, -0.1) is 0 Å². The third-order valence-electron chi connectivity index (χ3n) is 2.46. The second-order valence-electron chi connectivity index (χ2n) is 3.94. The van der Waals surface area contributed by atoms with Gasteiger partial charge in [0.15, 0.2) is 11.6 Å². The van der Waals surface area contributed by atoms with Crippen LogP contribution in [0.3, 0.4) is 0 Å². The molecule has 0 amide bonds. The van der Waals surface area contributed by atoms with Crippen molar-refractivity contribution in [2.75, 3.05) is 12.3 Å². The summed E-state index contributed by atoms with van der Waals surface area (Å²) >= 11 is 0. The summed E-state index contributed by atoms with van der Waals surface area (Å²) in [6.45, 7) is 0.362. The van der Waals surface area contributed by atoms with Gasteiger partial charge in [0.25, 0.3) is 0 Å². The van der Waals surface area contributed by atoms with E-state index in [1.54, 1.807) is 0 Å². The van der Waals surface area contributed by atoms with Gasteiger partial charge in [-0.05, 0) is 24.8 Å². The van der Waals surface area contributed by atoms with Crippen LogP contribution in [0.4, 0.5) is 10.1 Å². The minimum atomic E-state index is -1.24. The number of hydrogen-bond donors (Lipinski definition) is 2. The van der Waals surface area contributed by atoms with E-state index in [1.807, 2.05) is 0 Å². The molecule has 0 bridgehead atoms. The van der Waals surface area contributed by atoms with Crippen molar-refractivity contribution in [3.8, 4) is 5.75 Å². The van der Waals surface area contributed by atoms with E-state index in [4.69, 9.17) is 15.6 Å². The minimum absolute atomic E-state index is 0.0775. The lowest BCUT2D eigenvalue weighted by molar-refractivity contribution is 0.0691. The highest BCUT2D eigenvalue weighted by molar-refractivity contribution is 5.92. The molecule has 1 aromatic rings. The molecule has 0 atom stereocenters. The quantitative estimate of drug-likeness (QED) is 0.767. The first-order valence-electron chi connectivity index (χ1n) is 5.03. The fourth-order valence-corrected chi connectivity index (χ4v) is 1.41. The molecule has 0 radical (unpaired) electrons. The van der Waals surface area contributed by atoms with Crippen molar-refractivity contribution in [2.45, 2.75) is 12.8 Å². The summed E-state index contributed by atoms with van der Waals surface area (Å²) in [5.41, 5.74) is 5.23. The number of rotatable bonds is 4. The Morgan fingerprint density at radius 2 is 2.25 bits per heavy atom. The van der Waals surface area contributed by atoms with Crippen molar-refractivity contribution in [1.29, 1.82) is 0 Å². The lowest BCUT2D eigenvalue weighted by Gasteiger charge is -2.10. The minimum Gasteiger partial charge on any atom is -0.489 e. The molecule has 1 aliphatic rings. The van der Waals surface area contributed by atoms with E-state index >= 15 is 0 Å². The van der Waals surface area contributed by atoms with Gasteiger partial charge in [0, 0.05) is 11.8 Å². The second-order valence-corrected chi connectivity index (χ2v) is 3.94. The van der Waals surface area contributed by atoms with Crippen LogP contribution in [0.25, 0.3) is 0 Å². The maximum Gasteiger partial charge on any atom is 0.339 e. The Labute approximate surface area is 91.8 Å². The SMILES string of the molecule is Nc1cc(F)c(OCC2CC2)c(C(=O)O)c1. The van der Waals surface area contributed by atoms with Crippen LogP contribution in [0.15, 0.2) is 12.1 Å². The fourth-order valence-electron chi connectivity index (χ4n) is 1.41. The average molecular weight is 225 g/mol. The molecule has 1 saturated carbocycles. The van der Waals surface area contributed by atoms with Gasteiger partial charge < -0.3 is 15.6 Å². The topological polar surface area (TPSA) is 72.5 Å². The van der Waals surface area contributed by atoms with E-state index in [-0.39, 0.29) is 17.0 Å². The third-order valence-corrected chi connectivity index (χ3v) is 2.46. The third kappa shape index (κ3) is 2.24. The lowest BCUT2D eigenvalue weighted by atomic mass is 10.1. The fraction of sp³-hybridized carbons (Fsp3) is 0.364. The molecule has 0 spiro atoms. The largest absolute Gasteiger partial charge is 0.489 e. The Bertz CT molecular complexity index is 429. The predicted octanol–water partition coefficient (Wildman–Crippen LogP) is 1.89. The molecule has 5 heteroatoms. The predicted molar refractivity (Wildman–Crippen MR) is 56.0 cm³/mol. The molecule has 0 saturated heterocycles. The highest BCUT2D eigenvalue weighted by Crippen LogP contribution is 2.32. The van der Waals surface area contributed by atoms with E-state index < -0.39 is 11.8 Å². The number of nitrogens with two attached hydrogens (primary N) is 1. The van der Waals surface area contributed by atoms with E-state index in [0.29, 0.717) is 12.5 Å². The summed E-state index contributed by atoms with van der Waals surface area (Å²) in [6, 6.07) is 2.27. The van der Waals surface area contributed by atoms with Crippen molar-refractivity contribution < 1.29 is 19.0 Å². The molecule has 0 aliphatic heterocycles. The zero-order valence-electron chi connectivity index (χ0n) is 8.57. The Balaban J connectivity index is 2.27. The molecule has 86 valence electrons. The first-order valence-corrected chi connectivity index (χ1v) is 5.03. The van der Waals surface area contributed by atoms with Gasteiger partial charge in [-0.3, -0.25) is 0 Å². The molecule has 2 rings (SSSR count). The summed E-state index contributed by atoms with van der Waals surface area (Å²) in [4.78, 5) is 10.9. The van der Waals surface area contributed by atoms with Crippen LogP contribution in [0.2, 0.25) is 0 Å². The Morgan fingerprint density at radius 1 is 1.56 bits per heavy atom. The molecule has 1 aliphatic carbocycles. The Kier molecular flexibility index (Phi) is 2.68. The molecular weight excluding hydrogens is 213 g/mol. The van der Waals surface area contributed by atoms with Crippen molar-refractivity contribution in [3.05, 3.63) is 23.5 Å². The number of carbonyl (C=O) groups is 1. The summed E-state index contributed by atoms with van der Waals surface area (Å²) in [7, 11) is 0. The molecule has 4 nitrogen and oxygen atoms in total. The van der Waals surface area contributed by atoms with Crippen LogP contribution in [0.1, 0.15) is 23.2 Å². The normalized spacial score (nSPS) is 14.8. The van der Waals surface area contributed by atoms with Crippen molar-refractivity contribution >= 4 is 11.7 Å². The molecule has 0 unspecified atom stereocenters. The van der Waals surface area contributed by atoms with Crippen LogP contribution in [0.5, 0.6) is 5.75 Å². The highest BCUT2D eigenvalue weighted by atomic mass is 19.1. The maximum atomic E-state index is 13.5. The molecule has 3 N–H and O–H groups in total. The van der Waals surface area contributed by atoms with Crippen LogP contribution in [-0.2, 0) is 0 Å². The van der Waals surface area contributed by atoms with Gasteiger partial charge in [0.1, 0.15) is 5.56 Å². The zero-order chi connectivity index (χ0) is 11.7. The van der Waals surface area contributed by atoms with Crippen LogP contribution in [0, 0.1) is 11.7 Å². The number of carboxylic acid groups (broad SMARTS) is 1. The van der Waals surface area contributed by atoms with E-state index in [1.165, 1.54) is 6.07 Å². The van der Waals surface area contributed by atoms with Gasteiger partial charge in [0.05, 0.1) is 6.61 Å².